The van der Waals surface area contributed by atoms with E-state index in [1.54, 1.807) is 0 Å². The van der Waals surface area contributed by atoms with Crippen LogP contribution >= 0.6 is 0 Å². The highest BCUT2D eigenvalue weighted by Crippen LogP contribution is 2.17. The third kappa shape index (κ3) is 1.70. The summed E-state index contributed by atoms with van der Waals surface area (Å²) in [6.07, 6.45) is 0. The molecular formula is C6H5F2NO2S. The van der Waals surface area contributed by atoms with Crippen LogP contribution in [0.25, 0.3) is 0 Å². The number of hydrogen-bond acceptors (Lipinski definition) is 3. The second-order valence-electron chi connectivity index (χ2n) is 2.12. The number of benzene rings is 1. The molecule has 0 bridgehead atoms. The van der Waals surface area contributed by atoms with E-state index in [1.807, 2.05) is 0 Å². The Labute approximate surface area is 68.0 Å². The van der Waals surface area contributed by atoms with Crippen LogP contribution in [-0.4, -0.2) is 8.42 Å². The van der Waals surface area contributed by atoms with Gasteiger partial charge in [0.25, 0.3) is 0 Å². The first-order valence-corrected chi connectivity index (χ1v) is 4.29. The van der Waals surface area contributed by atoms with Gasteiger partial charge in [0.1, 0.15) is 10.7 Å². The van der Waals surface area contributed by atoms with Crippen molar-refractivity contribution in [3.8, 4) is 0 Å². The van der Waals surface area contributed by atoms with Crippen LogP contribution in [0, 0.1) is 5.82 Å². The number of rotatable bonds is 1. The quantitative estimate of drug-likeness (QED) is 0.536. The van der Waals surface area contributed by atoms with Crippen LogP contribution in [-0.2, 0) is 10.2 Å². The molecule has 1 aromatic carbocycles. The summed E-state index contributed by atoms with van der Waals surface area (Å²) < 4.78 is 45.2. The number of halogens is 2. The van der Waals surface area contributed by atoms with Crippen molar-refractivity contribution in [2.24, 2.45) is 0 Å². The summed E-state index contributed by atoms with van der Waals surface area (Å²) in [7, 11) is -4.79. The maximum atomic E-state index is 12.4. The van der Waals surface area contributed by atoms with E-state index in [9.17, 15) is 16.7 Å². The Hall–Kier alpha value is -1.17. The molecule has 0 saturated carbocycles. The highest BCUT2D eigenvalue weighted by atomic mass is 32.3. The molecule has 0 aliphatic heterocycles. The average Bonchev–Trinajstić information content (AvgIpc) is 1.92. The molecule has 66 valence electrons. The average molecular weight is 193 g/mol. The summed E-state index contributed by atoms with van der Waals surface area (Å²) in [5, 5.41) is 0. The third-order valence-electron chi connectivity index (χ3n) is 1.25. The Bertz CT molecular complexity index is 402. The van der Waals surface area contributed by atoms with Crippen molar-refractivity contribution in [2.75, 3.05) is 5.73 Å². The van der Waals surface area contributed by atoms with Gasteiger partial charge in [0.15, 0.2) is 0 Å². The van der Waals surface area contributed by atoms with Gasteiger partial charge < -0.3 is 5.73 Å². The van der Waals surface area contributed by atoms with Gasteiger partial charge in [-0.15, -0.1) is 3.89 Å². The summed E-state index contributed by atoms with van der Waals surface area (Å²) >= 11 is 0. The smallest absolute Gasteiger partial charge is 0.332 e. The van der Waals surface area contributed by atoms with E-state index in [-0.39, 0.29) is 0 Å². The van der Waals surface area contributed by atoms with Gasteiger partial charge in [-0.1, -0.05) is 0 Å². The van der Waals surface area contributed by atoms with Gasteiger partial charge in [-0.3, -0.25) is 0 Å². The molecule has 0 unspecified atom stereocenters. The zero-order chi connectivity index (χ0) is 9.35. The summed E-state index contributed by atoms with van der Waals surface area (Å²) in [6, 6.07) is 2.33. The molecule has 2 N–H and O–H groups in total. The Kier molecular flexibility index (Phi) is 2.01. The number of nitrogen functional groups attached to an aromatic ring is 1. The van der Waals surface area contributed by atoms with Crippen LogP contribution in [0.5, 0.6) is 0 Å². The zero-order valence-corrected chi connectivity index (χ0v) is 6.61. The van der Waals surface area contributed by atoms with E-state index in [1.165, 1.54) is 0 Å². The SMILES string of the molecule is Nc1cc(S(=O)(=O)F)ccc1F. The zero-order valence-electron chi connectivity index (χ0n) is 5.79. The highest BCUT2D eigenvalue weighted by molar-refractivity contribution is 7.86. The molecule has 6 heteroatoms. The lowest BCUT2D eigenvalue weighted by atomic mass is 10.3. The minimum atomic E-state index is -4.79. The molecular weight excluding hydrogens is 188 g/mol. The Morgan fingerprint density at radius 2 is 1.92 bits per heavy atom. The fourth-order valence-electron chi connectivity index (χ4n) is 0.673. The van der Waals surface area contributed by atoms with Crippen molar-refractivity contribution >= 4 is 15.9 Å². The van der Waals surface area contributed by atoms with E-state index in [0.29, 0.717) is 0 Å². The van der Waals surface area contributed by atoms with Crippen molar-refractivity contribution in [2.45, 2.75) is 4.90 Å². The predicted molar refractivity (Wildman–Crippen MR) is 39.1 cm³/mol. The lowest BCUT2D eigenvalue weighted by molar-refractivity contribution is 0.551. The number of nitrogens with two attached hydrogens (primary N) is 1. The van der Waals surface area contributed by atoms with E-state index < -0.39 is 26.6 Å². The molecule has 1 aromatic rings. The molecule has 3 nitrogen and oxygen atoms in total. The standard InChI is InChI=1S/C6H5F2NO2S/c7-5-2-1-4(3-6(5)9)12(8,10)11/h1-3H,9H2. The maximum Gasteiger partial charge on any atom is 0.332 e. The van der Waals surface area contributed by atoms with Crippen LogP contribution in [0.2, 0.25) is 0 Å². The predicted octanol–water partition coefficient (Wildman–Crippen LogP) is 1.07. The normalized spacial score (nSPS) is 11.5. The van der Waals surface area contributed by atoms with E-state index >= 15 is 0 Å². The molecule has 0 radical (unpaired) electrons. The fourth-order valence-corrected chi connectivity index (χ4v) is 1.17. The third-order valence-corrected chi connectivity index (χ3v) is 2.07. The maximum absolute atomic E-state index is 12.4. The second kappa shape index (κ2) is 2.71. The summed E-state index contributed by atoms with van der Waals surface area (Å²) in [5.74, 6) is -0.776. The van der Waals surface area contributed by atoms with Gasteiger partial charge in [-0.25, -0.2) is 4.39 Å². The summed E-state index contributed by atoms with van der Waals surface area (Å²) in [6.45, 7) is 0. The number of hydrogen-bond donors (Lipinski definition) is 1. The fraction of sp³-hybridized carbons (Fsp3) is 0. The van der Waals surface area contributed by atoms with Crippen LogP contribution in [0.3, 0.4) is 0 Å². The molecule has 0 amide bonds. The van der Waals surface area contributed by atoms with Crippen molar-refractivity contribution < 1.29 is 16.7 Å². The van der Waals surface area contributed by atoms with Crippen molar-refractivity contribution in [1.29, 1.82) is 0 Å². The Morgan fingerprint density at radius 3 is 2.33 bits per heavy atom. The minimum Gasteiger partial charge on any atom is -0.396 e. The molecule has 12 heavy (non-hydrogen) atoms. The highest BCUT2D eigenvalue weighted by Gasteiger charge is 2.12. The van der Waals surface area contributed by atoms with Gasteiger partial charge in [0.2, 0.25) is 0 Å². The second-order valence-corrected chi connectivity index (χ2v) is 3.47. The number of anilines is 1. The van der Waals surface area contributed by atoms with E-state index in [0.717, 1.165) is 18.2 Å². The van der Waals surface area contributed by atoms with Gasteiger partial charge in [0, 0.05) is 0 Å². The first-order valence-electron chi connectivity index (χ1n) is 2.91. The van der Waals surface area contributed by atoms with Crippen LogP contribution in [0.1, 0.15) is 0 Å². The van der Waals surface area contributed by atoms with Crippen molar-refractivity contribution in [1.82, 2.24) is 0 Å². The van der Waals surface area contributed by atoms with Gasteiger partial charge >= 0.3 is 10.2 Å². The molecule has 0 heterocycles. The summed E-state index contributed by atoms with van der Waals surface area (Å²) in [4.78, 5) is -0.638. The first-order chi connectivity index (χ1) is 5.41. The lowest BCUT2D eigenvalue weighted by Crippen LogP contribution is -1.96. The molecule has 0 atom stereocenters. The summed E-state index contributed by atoms with van der Waals surface area (Å²) in [5.41, 5.74) is 4.62. The first kappa shape index (κ1) is 8.92. The van der Waals surface area contributed by atoms with Gasteiger partial charge in [0.05, 0.1) is 5.69 Å². The topological polar surface area (TPSA) is 60.2 Å². The minimum absolute atomic E-state index is 0.395. The molecule has 0 aliphatic carbocycles. The Balaban J connectivity index is 3.33. The lowest BCUT2D eigenvalue weighted by Gasteiger charge is -1.97. The van der Waals surface area contributed by atoms with Crippen LogP contribution in [0.15, 0.2) is 23.1 Å². The van der Waals surface area contributed by atoms with E-state index in [4.69, 9.17) is 5.73 Å². The van der Waals surface area contributed by atoms with Crippen molar-refractivity contribution in [3.05, 3.63) is 24.0 Å². The molecule has 0 fully saturated rings. The molecule has 0 aromatic heterocycles. The van der Waals surface area contributed by atoms with E-state index in [2.05, 4.69) is 0 Å². The van der Waals surface area contributed by atoms with Crippen LogP contribution < -0.4 is 5.73 Å². The molecule has 0 saturated heterocycles. The molecule has 0 spiro atoms. The molecule has 1 rings (SSSR count). The Morgan fingerprint density at radius 1 is 1.33 bits per heavy atom. The largest absolute Gasteiger partial charge is 0.396 e. The molecule has 0 aliphatic rings. The van der Waals surface area contributed by atoms with Gasteiger partial charge in [-0.05, 0) is 18.2 Å². The van der Waals surface area contributed by atoms with Crippen LogP contribution in [0.4, 0.5) is 14.0 Å². The van der Waals surface area contributed by atoms with Gasteiger partial charge in [-0.2, -0.15) is 8.42 Å². The van der Waals surface area contributed by atoms with Crippen molar-refractivity contribution in [3.63, 3.8) is 0 Å². The monoisotopic (exact) mass is 193 g/mol.